The van der Waals surface area contributed by atoms with Crippen molar-refractivity contribution in [1.82, 2.24) is 0 Å². The largest absolute Gasteiger partial charge is 0.300 e. The van der Waals surface area contributed by atoms with Crippen molar-refractivity contribution in [3.63, 3.8) is 0 Å². The van der Waals surface area contributed by atoms with Crippen LogP contribution in [0.1, 0.15) is 177 Å². The summed E-state index contributed by atoms with van der Waals surface area (Å²) in [5.41, 5.74) is 20.6. The molecule has 2 saturated carbocycles. The highest BCUT2D eigenvalue weighted by atomic mass is 31.1. The van der Waals surface area contributed by atoms with Gasteiger partial charge in [-0.2, -0.15) is 0 Å². The number of benzene rings is 5. The quantitative estimate of drug-likeness (QED) is 0.121. The number of hydrogen-bond donors (Lipinski definition) is 0. The summed E-state index contributed by atoms with van der Waals surface area (Å²) in [4.78, 5) is 14.3. The molecule has 2 heteroatoms. The number of carbonyl (C=O) groups excluding carboxylic acids is 1. The molecule has 0 spiro atoms. The molecule has 320 valence electrons. The van der Waals surface area contributed by atoms with E-state index in [9.17, 15) is 4.79 Å². The topological polar surface area (TPSA) is 17.1 Å². The van der Waals surface area contributed by atoms with Crippen LogP contribution in [0.2, 0.25) is 0 Å². The third kappa shape index (κ3) is 8.64. The summed E-state index contributed by atoms with van der Waals surface area (Å²) in [5.74, 6) is 3.19. The Morgan fingerprint density at radius 1 is 0.459 bits per heavy atom. The molecule has 1 heterocycles. The maximum Gasteiger partial charge on any atom is 0.134 e. The van der Waals surface area contributed by atoms with Crippen molar-refractivity contribution < 1.29 is 4.79 Å². The molecule has 0 aromatic heterocycles. The lowest BCUT2D eigenvalue weighted by molar-refractivity contribution is -0.119. The van der Waals surface area contributed by atoms with E-state index in [4.69, 9.17) is 0 Å². The van der Waals surface area contributed by atoms with Gasteiger partial charge < -0.3 is 0 Å². The van der Waals surface area contributed by atoms with Crippen LogP contribution in [0.25, 0.3) is 44.5 Å². The molecular formula is C59H73OP. The van der Waals surface area contributed by atoms with Gasteiger partial charge >= 0.3 is 0 Å². The predicted octanol–water partition coefficient (Wildman–Crippen LogP) is 17.1. The zero-order chi connectivity index (χ0) is 43.1. The van der Waals surface area contributed by atoms with Gasteiger partial charge in [0, 0.05) is 12.8 Å². The molecule has 3 fully saturated rings. The molecule has 1 saturated heterocycles. The monoisotopic (exact) mass is 829 g/mol. The molecule has 2 aliphatic carbocycles. The van der Waals surface area contributed by atoms with E-state index < -0.39 is 7.92 Å². The van der Waals surface area contributed by atoms with Gasteiger partial charge in [-0.15, -0.1) is 0 Å². The van der Waals surface area contributed by atoms with E-state index in [0.717, 1.165) is 12.8 Å². The zero-order valence-electron chi connectivity index (χ0n) is 39.2. The van der Waals surface area contributed by atoms with Crippen LogP contribution >= 0.6 is 7.92 Å². The number of rotatable bonds is 11. The first kappa shape index (κ1) is 43.8. The number of aryl methyl sites for hydroxylation is 2. The van der Waals surface area contributed by atoms with Crippen LogP contribution in [0.15, 0.2) is 91.0 Å². The van der Waals surface area contributed by atoms with E-state index in [0.29, 0.717) is 52.6 Å². The van der Waals surface area contributed by atoms with E-state index in [1.807, 2.05) is 0 Å². The SMILES string of the molecule is Cc1ccccc1-c1cc(C(C)C)c(-c2cccc(-c3c(C(C)C)cc(-c4ccccc4C)cc3C(C)C)c2P2C(C3CCCC3)CC(=O)CC2C2CCCC2)c(C(C)C)c1. The lowest BCUT2D eigenvalue weighted by Crippen LogP contribution is -2.39. The fourth-order valence-corrected chi connectivity index (χ4v) is 16.3. The van der Waals surface area contributed by atoms with E-state index in [2.05, 4.69) is 160 Å². The standard InChI is InChI=1S/C59H73OP/c1-36(2)51-30-44(47-26-17-11-20-40(47)9)31-52(37(3)4)57(51)49-28-19-29-50(58-53(38(5)6)32-45(33-54(58)39(7)8)48-27-18-12-21-41(48)10)59(49)61-55(42-22-13-14-23-42)34-46(60)35-56(61)43-24-15-16-25-43/h11-12,17-21,26-33,36-39,42-43,55-56H,13-16,22-25,34-35H2,1-10H3. The van der Waals surface area contributed by atoms with Crippen molar-refractivity contribution in [3.8, 4) is 44.5 Å². The van der Waals surface area contributed by atoms with Crippen LogP contribution in [-0.2, 0) is 4.79 Å². The zero-order valence-corrected chi connectivity index (χ0v) is 40.1. The van der Waals surface area contributed by atoms with Crippen molar-refractivity contribution in [3.05, 3.63) is 124 Å². The van der Waals surface area contributed by atoms with Gasteiger partial charge in [-0.1, -0.05) is 180 Å². The van der Waals surface area contributed by atoms with Gasteiger partial charge in [0.2, 0.25) is 0 Å². The normalized spacial score (nSPS) is 20.3. The van der Waals surface area contributed by atoms with Crippen LogP contribution in [0.3, 0.4) is 0 Å². The second-order valence-corrected chi connectivity index (χ2v) is 23.2. The maximum absolute atomic E-state index is 14.3. The summed E-state index contributed by atoms with van der Waals surface area (Å²) in [7, 11) is -0.692. The predicted molar refractivity (Wildman–Crippen MR) is 266 cm³/mol. The average molecular weight is 829 g/mol. The summed E-state index contributed by atoms with van der Waals surface area (Å²) >= 11 is 0. The van der Waals surface area contributed by atoms with Crippen molar-refractivity contribution in [2.45, 2.75) is 168 Å². The fraction of sp³-hybridized carbons (Fsp3) is 0.475. The summed E-state index contributed by atoms with van der Waals surface area (Å²) in [6.45, 7) is 23.9. The summed E-state index contributed by atoms with van der Waals surface area (Å²) < 4.78 is 0. The summed E-state index contributed by atoms with van der Waals surface area (Å²) in [6, 6.07) is 35.6. The summed E-state index contributed by atoms with van der Waals surface area (Å²) in [6.07, 6.45) is 11.9. The second kappa shape index (κ2) is 18.5. The molecule has 0 bridgehead atoms. The average Bonchev–Trinajstić information content (AvgIpc) is 3.99. The first-order valence-electron chi connectivity index (χ1n) is 24.2. The van der Waals surface area contributed by atoms with Crippen molar-refractivity contribution in [2.24, 2.45) is 11.8 Å². The van der Waals surface area contributed by atoms with Gasteiger partial charge in [0.15, 0.2) is 0 Å². The van der Waals surface area contributed by atoms with Crippen molar-refractivity contribution in [2.75, 3.05) is 0 Å². The number of Topliss-reactive ketones (excluding diaryl/α,β-unsaturated/α-hetero) is 1. The highest BCUT2D eigenvalue weighted by molar-refractivity contribution is 7.68. The minimum Gasteiger partial charge on any atom is -0.300 e. The van der Waals surface area contributed by atoms with Gasteiger partial charge in [0.05, 0.1) is 0 Å². The van der Waals surface area contributed by atoms with E-state index in [1.165, 1.54) is 129 Å². The number of hydrogen-bond acceptors (Lipinski definition) is 1. The molecule has 8 rings (SSSR count). The number of ketones is 1. The Morgan fingerprint density at radius 2 is 0.787 bits per heavy atom. The third-order valence-electron chi connectivity index (χ3n) is 15.1. The van der Waals surface area contributed by atoms with E-state index >= 15 is 0 Å². The van der Waals surface area contributed by atoms with E-state index in [1.54, 1.807) is 5.30 Å². The van der Waals surface area contributed by atoms with Gasteiger partial charge in [-0.25, -0.2) is 0 Å². The molecule has 1 aliphatic heterocycles. The minimum atomic E-state index is -0.692. The molecular weight excluding hydrogens is 756 g/mol. The lowest BCUT2D eigenvalue weighted by Gasteiger charge is -2.46. The van der Waals surface area contributed by atoms with Gasteiger partial charge in [-0.3, -0.25) is 4.79 Å². The molecule has 1 nitrogen and oxygen atoms in total. The Balaban J connectivity index is 1.51. The molecule has 0 amide bonds. The van der Waals surface area contributed by atoms with Crippen LogP contribution in [0.4, 0.5) is 0 Å². The Bertz CT molecular complexity index is 2150. The molecule has 2 atom stereocenters. The number of carbonyl (C=O) groups is 1. The van der Waals surface area contributed by atoms with Gasteiger partial charge in [0.25, 0.3) is 0 Å². The fourth-order valence-electron chi connectivity index (χ4n) is 11.9. The third-order valence-corrected chi connectivity index (χ3v) is 18.7. The molecule has 0 radical (unpaired) electrons. The Kier molecular flexibility index (Phi) is 13.3. The molecule has 5 aromatic rings. The first-order chi connectivity index (χ1) is 29.3. The van der Waals surface area contributed by atoms with Crippen LogP contribution < -0.4 is 5.30 Å². The highest BCUT2D eigenvalue weighted by Gasteiger charge is 2.47. The van der Waals surface area contributed by atoms with E-state index in [-0.39, 0.29) is 0 Å². The molecule has 61 heavy (non-hydrogen) atoms. The minimum absolute atomic E-state index is 0.343. The molecule has 2 unspecified atom stereocenters. The van der Waals surface area contributed by atoms with Gasteiger partial charge in [0.1, 0.15) is 5.78 Å². The Morgan fingerprint density at radius 3 is 1.11 bits per heavy atom. The van der Waals surface area contributed by atoms with Crippen molar-refractivity contribution in [1.29, 1.82) is 0 Å². The van der Waals surface area contributed by atoms with Crippen LogP contribution in [0.5, 0.6) is 0 Å². The highest BCUT2D eigenvalue weighted by Crippen LogP contribution is 2.63. The van der Waals surface area contributed by atoms with Crippen LogP contribution in [0, 0.1) is 25.7 Å². The molecule has 3 aliphatic rings. The Labute approximate surface area is 371 Å². The first-order valence-corrected chi connectivity index (χ1v) is 25.7. The lowest BCUT2D eigenvalue weighted by atomic mass is 9.79. The second-order valence-electron chi connectivity index (χ2n) is 20.6. The van der Waals surface area contributed by atoms with Gasteiger partial charge in [-0.05, 0) is 170 Å². The Hall–Kier alpha value is -3.80. The molecule has 5 aromatic carbocycles. The maximum atomic E-state index is 14.3. The summed E-state index contributed by atoms with van der Waals surface area (Å²) in [5, 5.41) is 1.64. The smallest absolute Gasteiger partial charge is 0.134 e. The molecule has 0 N–H and O–H groups in total. The van der Waals surface area contributed by atoms with Crippen LogP contribution in [-0.4, -0.2) is 17.1 Å². The van der Waals surface area contributed by atoms with Crippen molar-refractivity contribution >= 4 is 19.0 Å².